The van der Waals surface area contributed by atoms with Gasteiger partial charge >= 0.3 is 0 Å². The smallest absolute Gasteiger partial charge is 0.164 e. The van der Waals surface area contributed by atoms with Crippen LogP contribution in [0, 0.1) is 0 Å². The molecule has 0 saturated carbocycles. The van der Waals surface area contributed by atoms with E-state index < -0.39 is 0 Å². The lowest BCUT2D eigenvalue weighted by Gasteiger charge is -2.07. The zero-order valence-electron chi connectivity index (χ0n) is 7.36. The average molecular weight is 184 g/mol. The van der Waals surface area contributed by atoms with Gasteiger partial charge in [0.15, 0.2) is 11.5 Å². The van der Waals surface area contributed by atoms with Crippen LogP contribution in [0.2, 0.25) is 0 Å². The molecule has 0 amide bonds. The van der Waals surface area contributed by atoms with Crippen molar-refractivity contribution in [2.24, 2.45) is 0 Å². The maximum atomic E-state index is 9.23. The predicted molar refractivity (Wildman–Crippen MR) is 47.2 cm³/mol. The third kappa shape index (κ3) is 2.52. The molecule has 0 fully saturated rings. The van der Waals surface area contributed by atoms with E-state index in [2.05, 4.69) is 0 Å². The number of phenols is 1. The van der Waals surface area contributed by atoms with Crippen LogP contribution in [0.5, 0.6) is 17.2 Å². The first kappa shape index (κ1) is 9.67. The van der Waals surface area contributed by atoms with Crippen molar-refractivity contribution in [1.29, 1.82) is 0 Å². The summed E-state index contributed by atoms with van der Waals surface area (Å²) in [6.07, 6.45) is 0. The van der Waals surface area contributed by atoms with E-state index in [1.54, 1.807) is 12.1 Å². The van der Waals surface area contributed by atoms with Crippen LogP contribution in [-0.4, -0.2) is 30.5 Å². The Kier molecular flexibility index (Phi) is 3.40. The molecule has 0 aliphatic rings. The third-order valence-corrected chi connectivity index (χ3v) is 1.51. The summed E-state index contributed by atoms with van der Waals surface area (Å²) in [4.78, 5) is 0. The standard InChI is InChI=1S/C9H12O4/c1-12-9-6-7(13-5-4-10)2-3-8(9)11/h2-3,6,10-11H,4-5H2,1H3. The van der Waals surface area contributed by atoms with E-state index in [4.69, 9.17) is 14.6 Å². The van der Waals surface area contributed by atoms with Gasteiger partial charge in [0.05, 0.1) is 13.7 Å². The average Bonchev–Trinajstić information content (AvgIpc) is 2.16. The Bertz CT molecular complexity index is 272. The lowest BCUT2D eigenvalue weighted by Crippen LogP contribution is -2.01. The van der Waals surface area contributed by atoms with E-state index in [0.717, 1.165) is 0 Å². The molecule has 0 radical (unpaired) electrons. The van der Waals surface area contributed by atoms with E-state index in [1.165, 1.54) is 13.2 Å². The van der Waals surface area contributed by atoms with Gasteiger partial charge in [0.2, 0.25) is 0 Å². The van der Waals surface area contributed by atoms with Crippen molar-refractivity contribution in [3.63, 3.8) is 0 Å². The highest BCUT2D eigenvalue weighted by Gasteiger charge is 2.02. The van der Waals surface area contributed by atoms with Crippen molar-refractivity contribution in [3.8, 4) is 17.2 Å². The van der Waals surface area contributed by atoms with E-state index in [9.17, 15) is 5.11 Å². The summed E-state index contributed by atoms with van der Waals surface area (Å²) in [5, 5.41) is 17.7. The molecule has 0 aromatic heterocycles. The van der Waals surface area contributed by atoms with Gasteiger partial charge in [-0.15, -0.1) is 0 Å². The van der Waals surface area contributed by atoms with Crippen molar-refractivity contribution < 1.29 is 19.7 Å². The molecule has 13 heavy (non-hydrogen) atoms. The highest BCUT2D eigenvalue weighted by Crippen LogP contribution is 2.29. The SMILES string of the molecule is COc1cc(OCCO)ccc1O. The van der Waals surface area contributed by atoms with E-state index >= 15 is 0 Å². The zero-order chi connectivity index (χ0) is 9.68. The van der Waals surface area contributed by atoms with Gasteiger partial charge in [-0.1, -0.05) is 0 Å². The zero-order valence-corrected chi connectivity index (χ0v) is 7.36. The molecule has 0 heterocycles. The summed E-state index contributed by atoms with van der Waals surface area (Å²) in [5.41, 5.74) is 0. The Balaban J connectivity index is 2.74. The van der Waals surface area contributed by atoms with Gasteiger partial charge in [-0.05, 0) is 12.1 Å². The minimum atomic E-state index is -0.0385. The molecular weight excluding hydrogens is 172 g/mol. The number of aromatic hydroxyl groups is 1. The number of rotatable bonds is 4. The Morgan fingerprint density at radius 3 is 2.77 bits per heavy atom. The number of aliphatic hydroxyl groups is 1. The molecule has 0 atom stereocenters. The van der Waals surface area contributed by atoms with Crippen LogP contribution in [0.25, 0.3) is 0 Å². The first-order valence-corrected chi connectivity index (χ1v) is 3.88. The minimum absolute atomic E-state index is 0.0385. The molecule has 1 rings (SSSR count). The number of ether oxygens (including phenoxy) is 2. The normalized spacial score (nSPS) is 9.69. The highest BCUT2D eigenvalue weighted by molar-refractivity contribution is 5.44. The number of methoxy groups -OCH3 is 1. The van der Waals surface area contributed by atoms with Gasteiger partial charge in [-0.3, -0.25) is 0 Å². The van der Waals surface area contributed by atoms with Gasteiger partial charge in [0, 0.05) is 6.07 Å². The fraction of sp³-hybridized carbons (Fsp3) is 0.333. The molecule has 0 aliphatic heterocycles. The second-order valence-corrected chi connectivity index (χ2v) is 2.41. The molecule has 1 aromatic carbocycles. The van der Waals surface area contributed by atoms with Crippen LogP contribution in [0.1, 0.15) is 0 Å². The van der Waals surface area contributed by atoms with Crippen molar-refractivity contribution in [3.05, 3.63) is 18.2 Å². The largest absolute Gasteiger partial charge is 0.504 e. The maximum Gasteiger partial charge on any atom is 0.164 e. The molecule has 0 saturated heterocycles. The second kappa shape index (κ2) is 4.57. The van der Waals surface area contributed by atoms with Crippen molar-refractivity contribution in [2.75, 3.05) is 20.3 Å². The fourth-order valence-electron chi connectivity index (χ4n) is 0.911. The van der Waals surface area contributed by atoms with Gasteiger partial charge in [-0.25, -0.2) is 0 Å². The van der Waals surface area contributed by atoms with Crippen LogP contribution in [0.3, 0.4) is 0 Å². The Morgan fingerprint density at radius 2 is 2.15 bits per heavy atom. The van der Waals surface area contributed by atoms with Crippen LogP contribution in [0.4, 0.5) is 0 Å². The number of hydrogen-bond acceptors (Lipinski definition) is 4. The predicted octanol–water partition coefficient (Wildman–Crippen LogP) is 0.772. The first-order valence-electron chi connectivity index (χ1n) is 3.88. The summed E-state index contributed by atoms with van der Waals surface area (Å²) in [6.45, 7) is 0.192. The van der Waals surface area contributed by atoms with Crippen LogP contribution in [-0.2, 0) is 0 Å². The number of benzene rings is 1. The quantitative estimate of drug-likeness (QED) is 0.725. The first-order chi connectivity index (χ1) is 6.27. The highest BCUT2D eigenvalue weighted by atomic mass is 16.5. The van der Waals surface area contributed by atoms with Gasteiger partial charge < -0.3 is 19.7 Å². The van der Waals surface area contributed by atoms with Crippen LogP contribution >= 0.6 is 0 Å². The lowest BCUT2D eigenvalue weighted by molar-refractivity contribution is 0.200. The molecule has 0 bridgehead atoms. The Hall–Kier alpha value is -1.42. The molecule has 0 aliphatic carbocycles. The van der Waals surface area contributed by atoms with Gasteiger partial charge in [0.1, 0.15) is 12.4 Å². The summed E-state index contributed by atoms with van der Waals surface area (Å²) < 4.78 is 9.98. The van der Waals surface area contributed by atoms with E-state index in [0.29, 0.717) is 11.5 Å². The maximum absolute atomic E-state index is 9.23. The van der Waals surface area contributed by atoms with Gasteiger partial charge in [0.25, 0.3) is 0 Å². The third-order valence-electron chi connectivity index (χ3n) is 1.51. The van der Waals surface area contributed by atoms with E-state index in [-0.39, 0.29) is 19.0 Å². The molecule has 72 valence electrons. The Labute approximate surface area is 76.3 Å². The topological polar surface area (TPSA) is 58.9 Å². The second-order valence-electron chi connectivity index (χ2n) is 2.41. The van der Waals surface area contributed by atoms with Gasteiger partial charge in [-0.2, -0.15) is 0 Å². The molecular formula is C9H12O4. The fourth-order valence-corrected chi connectivity index (χ4v) is 0.911. The van der Waals surface area contributed by atoms with Crippen molar-refractivity contribution in [2.45, 2.75) is 0 Å². The molecule has 4 heteroatoms. The summed E-state index contributed by atoms with van der Waals surface area (Å²) >= 11 is 0. The van der Waals surface area contributed by atoms with Crippen molar-refractivity contribution in [1.82, 2.24) is 0 Å². The number of aliphatic hydroxyl groups excluding tert-OH is 1. The van der Waals surface area contributed by atoms with Crippen LogP contribution in [0.15, 0.2) is 18.2 Å². The summed E-state index contributed by atoms with van der Waals surface area (Å²) in [5.74, 6) is 0.984. The molecule has 4 nitrogen and oxygen atoms in total. The molecule has 1 aromatic rings. The molecule has 0 unspecified atom stereocenters. The lowest BCUT2D eigenvalue weighted by atomic mass is 10.3. The summed E-state index contributed by atoms with van der Waals surface area (Å²) in [6, 6.07) is 4.64. The molecule has 2 N–H and O–H groups in total. The monoisotopic (exact) mass is 184 g/mol. The number of hydrogen-bond donors (Lipinski definition) is 2. The minimum Gasteiger partial charge on any atom is -0.504 e. The summed E-state index contributed by atoms with van der Waals surface area (Å²) in [7, 11) is 1.46. The Morgan fingerprint density at radius 1 is 1.38 bits per heavy atom. The van der Waals surface area contributed by atoms with E-state index in [1.807, 2.05) is 0 Å². The van der Waals surface area contributed by atoms with Crippen LogP contribution < -0.4 is 9.47 Å². The number of phenolic OH excluding ortho intramolecular Hbond substituents is 1. The molecule has 0 spiro atoms. The van der Waals surface area contributed by atoms with Crippen molar-refractivity contribution >= 4 is 0 Å².